The standard InChI is InChI=1S/C32H28ClN3O5/c33-27-12-23(17-36-28(18-37)32(38)39)30(40-19-21-11-20(14-34)15-35-16-21)13-31(27)41-29-10-9-25-24(7-4-8-26(25)29)22-5-2-1-3-6-22/h1-8,11-13,15-16,28-29,36-37H,9-10,17-19H2,(H,38,39)/t28-,29-/m0/s1. The number of hydrogen-bond acceptors (Lipinski definition) is 7. The van der Waals surface area contributed by atoms with Crippen LogP contribution in [0.25, 0.3) is 11.1 Å². The van der Waals surface area contributed by atoms with Gasteiger partial charge in [-0.3, -0.25) is 15.1 Å². The normalized spacial score (nSPS) is 14.6. The highest BCUT2D eigenvalue weighted by Gasteiger charge is 2.28. The molecule has 1 aliphatic rings. The first kappa shape index (κ1) is 28.1. The second-order valence-electron chi connectivity index (χ2n) is 9.71. The van der Waals surface area contributed by atoms with Crippen LogP contribution in [0.5, 0.6) is 11.5 Å². The number of ether oxygens (including phenoxy) is 2. The van der Waals surface area contributed by atoms with E-state index in [0.29, 0.717) is 33.2 Å². The lowest BCUT2D eigenvalue weighted by Gasteiger charge is -2.20. The summed E-state index contributed by atoms with van der Waals surface area (Å²) in [4.78, 5) is 15.5. The van der Waals surface area contributed by atoms with E-state index in [1.807, 2.05) is 24.3 Å². The highest BCUT2D eigenvalue weighted by molar-refractivity contribution is 6.32. The molecule has 3 N–H and O–H groups in total. The first-order valence-corrected chi connectivity index (χ1v) is 13.5. The topological polar surface area (TPSA) is 125 Å². The summed E-state index contributed by atoms with van der Waals surface area (Å²) in [7, 11) is 0. The van der Waals surface area contributed by atoms with Gasteiger partial charge in [0.2, 0.25) is 0 Å². The number of carboxylic acid groups (broad SMARTS) is 1. The number of aromatic nitrogens is 1. The fourth-order valence-electron chi connectivity index (χ4n) is 4.97. The van der Waals surface area contributed by atoms with Crippen LogP contribution < -0.4 is 14.8 Å². The Morgan fingerprint density at radius 2 is 1.95 bits per heavy atom. The van der Waals surface area contributed by atoms with E-state index >= 15 is 0 Å². The average molecular weight is 570 g/mol. The van der Waals surface area contributed by atoms with Gasteiger partial charge in [0.15, 0.2) is 0 Å². The minimum absolute atomic E-state index is 0.0794. The summed E-state index contributed by atoms with van der Waals surface area (Å²) >= 11 is 6.68. The first-order chi connectivity index (χ1) is 20.0. The number of hydrogen-bond donors (Lipinski definition) is 3. The Kier molecular flexibility index (Phi) is 8.80. The van der Waals surface area contributed by atoms with Crippen molar-refractivity contribution in [3.8, 4) is 28.7 Å². The molecule has 1 aliphatic carbocycles. The molecular formula is C32H28ClN3O5. The molecule has 0 unspecified atom stereocenters. The smallest absolute Gasteiger partial charge is 0.323 e. The molecule has 0 saturated carbocycles. The van der Waals surface area contributed by atoms with Crippen LogP contribution in [0.3, 0.4) is 0 Å². The molecule has 0 fully saturated rings. The van der Waals surface area contributed by atoms with Crippen molar-refractivity contribution in [3.63, 3.8) is 0 Å². The van der Waals surface area contributed by atoms with Gasteiger partial charge in [0.05, 0.1) is 17.2 Å². The second-order valence-corrected chi connectivity index (χ2v) is 10.1. The largest absolute Gasteiger partial charge is 0.488 e. The molecule has 5 rings (SSSR count). The highest BCUT2D eigenvalue weighted by Crippen LogP contribution is 2.42. The Balaban J connectivity index is 1.42. The van der Waals surface area contributed by atoms with E-state index in [9.17, 15) is 20.3 Å². The van der Waals surface area contributed by atoms with E-state index in [-0.39, 0.29) is 19.3 Å². The van der Waals surface area contributed by atoms with Gasteiger partial charge in [-0.15, -0.1) is 0 Å². The van der Waals surface area contributed by atoms with Crippen molar-refractivity contribution in [1.29, 1.82) is 5.26 Å². The van der Waals surface area contributed by atoms with E-state index in [0.717, 1.165) is 24.0 Å². The van der Waals surface area contributed by atoms with E-state index in [2.05, 4.69) is 40.6 Å². The molecule has 1 aromatic heterocycles. The Morgan fingerprint density at radius 1 is 1.12 bits per heavy atom. The zero-order valence-electron chi connectivity index (χ0n) is 22.1. The SMILES string of the molecule is N#Cc1cncc(COc2cc(O[C@H]3CCc4c(-c5ccccc5)cccc43)c(Cl)cc2CN[C@@H](CO)C(=O)O)c1. The third-order valence-corrected chi connectivity index (χ3v) is 7.32. The fourth-order valence-corrected chi connectivity index (χ4v) is 5.20. The van der Waals surface area contributed by atoms with Crippen LogP contribution in [-0.2, 0) is 24.4 Å². The molecule has 4 aromatic rings. The van der Waals surface area contributed by atoms with Gasteiger partial charge in [-0.2, -0.15) is 5.26 Å². The number of fused-ring (bicyclic) bond motifs is 1. The van der Waals surface area contributed by atoms with Gasteiger partial charge in [0, 0.05) is 36.1 Å². The van der Waals surface area contributed by atoms with Crippen molar-refractivity contribution >= 4 is 17.6 Å². The monoisotopic (exact) mass is 569 g/mol. The van der Waals surface area contributed by atoms with E-state index in [4.69, 9.17) is 21.1 Å². The van der Waals surface area contributed by atoms with Crippen LogP contribution >= 0.6 is 11.6 Å². The molecular weight excluding hydrogens is 542 g/mol. The predicted molar refractivity (Wildman–Crippen MR) is 154 cm³/mol. The number of halogens is 1. The number of carbonyl (C=O) groups is 1. The van der Waals surface area contributed by atoms with Gasteiger partial charge in [-0.05, 0) is 47.2 Å². The summed E-state index contributed by atoms with van der Waals surface area (Å²) in [5, 5.41) is 31.1. The van der Waals surface area contributed by atoms with Crippen molar-refractivity contribution in [2.75, 3.05) is 6.61 Å². The zero-order valence-corrected chi connectivity index (χ0v) is 22.8. The van der Waals surface area contributed by atoms with Crippen LogP contribution in [0.1, 0.15) is 40.3 Å². The molecule has 0 bridgehead atoms. The maximum absolute atomic E-state index is 11.4. The third-order valence-electron chi connectivity index (χ3n) is 7.02. The number of aliphatic carboxylic acids is 1. The molecule has 0 radical (unpaired) electrons. The lowest BCUT2D eigenvalue weighted by Crippen LogP contribution is -2.39. The number of carboxylic acids is 1. The average Bonchev–Trinajstić information content (AvgIpc) is 3.41. The van der Waals surface area contributed by atoms with Crippen molar-refractivity contribution in [2.24, 2.45) is 0 Å². The van der Waals surface area contributed by atoms with Crippen LogP contribution in [0.15, 0.2) is 79.1 Å². The minimum Gasteiger partial charge on any atom is -0.488 e. The molecule has 1 heterocycles. The molecule has 2 atom stereocenters. The zero-order chi connectivity index (χ0) is 28.8. The van der Waals surface area contributed by atoms with Crippen molar-refractivity contribution in [1.82, 2.24) is 10.3 Å². The fraction of sp³-hybridized carbons (Fsp3) is 0.219. The summed E-state index contributed by atoms with van der Waals surface area (Å²) < 4.78 is 12.6. The number of nitrogens with zero attached hydrogens (tertiary/aromatic N) is 2. The van der Waals surface area contributed by atoms with Crippen molar-refractivity contribution < 1.29 is 24.5 Å². The Labute approximate surface area is 242 Å². The Bertz CT molecular complexity index is 1590. The van der Waals surface area contributed by atoms with Crippen molar-refractivity contribution in [3.05, 3.63) is 112 Å². The maximum atomic E-state index is 11.4. The lowest BCUT2D eigenvalue weighted by atomic mass is 9.97. The number of aliphatic hydroxyl groups excluding tert-OH is 1. The molecule has 3 aromatic carbocycles. The quantitative estimate of drug-likeness (QED) is 0.218. The number of nitriles is 1. The van der Waals surface area contributed by atoms with E-state index in [1.165, 1.54) is 17.3 Å². The van der Waals surface area contributed by atoms with Crippen molar-refractivity contribution in [2.45, 2.75) is 38.1 Å². The van der Waals surface area contributed by atoms with Gasteiger partial charge in [0.25, 0.3) is 0 Å². The first-order valence-electron chi connectivity index (χ1n) is 13.2. The molecule has 41 heavy (non-hydrogen) atoms. The van der Waals surface area contributed by atoms with Gasteiger partial charge < -0.3 is 19.7 Å². The molecule has 0 amide bonds. The number of benzene rings is 3. The van der Waals surface area contributed by atoms with Gasteiger partial charge in [-0.25, -0.2) is 0 Å². The number of aliphatic hydroxyl groups is 1. The maximum Gasteiger partial charge on any atom is 0.323 e. The van der Waals surface area contributed by atoms with Crippen LogP contribution in [-0.4, -0.2) is 33.8 Å². The van der Waals surface area contributed by atoms with Crippen LogP contribution in [0.2, 0.25) is 5.02 Å². The Morgan fingerprint density at radius 3 is 2.71 bits per heavy atom. The second kappa shape index (κ2) is 12.8. The highest BCUT2D eigenvalue weighted by atomic mass is 35.5. The summed E-state index contributed by atoms with van der Waals surface area (Å²) in [6.07, 6.45) is 4.53. The van der Waals surface area contributed by atoms with E-state index in [1.54, 1.807) is 24.4 Å². The van der Waals surface area contributed by atoms with Gasteiger partial charge in [0.1, 0.15) is 36.3 Å². The summed E-state index contributed by atoms with van der Waals surface area (Å²) in [5.74, 6) is -0.304. The molecule has 0 saturated heterocycles. The third kappa shape index (κ3) is 6.50. The predicted octanol–water partition coefficient (Wildman–Crippen LogP) is 5.45. The lowest BCUT2D eigenvalue weighted by molar-refractivity contribution is -0.140. The molecule has 9 heteroatoms. The minimum atomic E-state index is -1.17. The summed E-state index contributed by atoms with van der Waals surface area (Å²) in [5.41, 5.74) is 6.41. The van der Waals surface area contributed by atoms with Gasteiger partial charge in [-0.1, -0.05) is 60.1 Å². The summed E-state index contributed by atoms with van der Waals surface area (Å²) in [6, 6.07) is 22.5. The van der Waals surface area contributed by atoms with E-state index < -0.39 is 18.6 Å². The summed E-state index contributed by atoms with van der Waals surface area (Å²) in [6.45, 7) is -0.374. The number of pyridine rings is 1. The Hall–Kier alpha value is -4.42. The molecule has 8 nitrogen and oxygen atoms in total. The van der Waals surface area contributed by atoms with Crippen LogP contribution in [0.4, 0.5) is 0 Å². The van der Waals surface area contributed by atoms with Gasteiger partial charge >= 0.3 is 5.97 Å². The molecule has 0 spiro atoms. The molecule has 0 aliphatic heterocycles. The number of nitrogens with one attached hydrogen (secondary N) is 1. The molecule has 208 valence electrons. The van der Waals surface area contributed by atoms with Crippen LogP contribution in [0, 0.1) is 11.3 Å². The number of rotatable bonds is 11.